The van der Waals surface area contributed by atoms with Crippen molar-refractivity contribution in [1.82, 2.24) is 4.90 Å². The van der Waals surface area contributed by atoms with Crippen LogP contribution >= 0.6 is 0 Å². The van der Waals surface area contributed by atoms with Crippen LogP contribution in [0.2, 0.25) is 0 Å². The lowest BCUT2D eigenvalue weighted by Crippen LogP contribution is -2.50. The minimum atomic E-state index is 0.472. The molecule has 2 fully saturated rings. The Hall–Kier alpha value is -1.42. The van der Waals surface area contributed by atoms with Gasteiger partial charge < -0.3 is 20.4 Å². The monoisotopic (exact) mass is 316 g/mol. The third-order valence-electron chi connectivity index (χ3n) is 5.42. The third kappa shape index (κ3) is 3.74. The maximum atomic E-state index is 6.27. The van der Waals surface area contributed by atoms with Gasteiger partial charge >= 0.3 is 0 Å². The Bertz CT molecular complexity index is 536. The van der Waals surface area contributed by atoms with Gasteiger partial charge in [-0.2, -0.15) is 0 Å². The van der Waals surface area contributed by atoms with E-state index in [1.54, 1.807) is 0 Å². The van der Waals surface area contributed by atoms with E-state index in [1.807, 2.05) is 0 Å². The number of nitrogens with zero attached hydrogens (tertiary/aromatic N) is 3. The van der Waals surface area contributed by atoms with Crippen molar-refractivity contribution in [2.75, 3.05) is 62.4 Å². The molecular formula is C19H32N4. The highest BCUT2D eigenvalue weighted by atomic mass is 15.2. The van der Waals surface area contributed by atoms with Gasteiger partial charge in [-0.25, -0.2) is 0 Å². The molecule has 0 aromatic heterocycles. The zero-order valence-corrected chi connectivity index (χ0v) is 15.2. The number of rotatable bonds is 4. The van der Waals surface area contributed by atoms with Crippen molar-refractivity contribution >= 4 is 17.1 Å². The molecule has 0 spiro atoms. The minimum Gasteiger partial charge on any atom is -0.397 e. The van der Waals surface area contributed by atoms with E-state index in [9.17, 15) is 0 Å². The van der Waals surface area contributed by atoms with E-state index in [4.69, 9.17) is 5.73 Å². The average molecular weight is 316 g/mol. The molecule has 0 atom stereocenters. The quantitative estimate of drug-likeness (QED) is 0.867. The average Bonchev–Trinajstić information content (AvgIpc) is 2.43. The van der Waals surface area contributed by atoms with Crippen LogP contribution in [0.5, 0.6) is 0 Å². The molecule has 1 aromatic rings. The number of nitrogens with two attached hydrogens (primary N) is 1. The summed E-state index contributed by atoms with van der Waals surface area (Å²) in [6.45, 7) is 10.5. The van der Waals surface area contributed by atoms with Crippen LogP contribution in [0.1, 0.15) is 26.7 Å². The van der Waals surface area contributed by atoms with E-state index in [-0.39, 0.29) is 0 Å². The second-order valence-corrected chi connectivity index (χ2v) is 8.43. The molecular weight excluding hydrogens is 284 g/mol. The molecule has 0 unspecified atom stereocenters. The molecule has 128 valence electrons. The molecule has 2 saturated heterocycles. The summed E-state index contributed by atoms with van der Waals surface area (Å²) < 4.78 is 0. The van der Waals surface area contributed by atoms with E-state index in [0.29, 0.717) is 5.41 Å². The van der Waals surface area contributed by atoms with Crippen LogP contribution in [0.15, 0.2) is 18.2 Å². The first-order chi connectivity index (χ1) is 10.8. The van der Waals surface area contributed by atoms with Crippen molar-refractivity contribution in [1.29, 1.82) is 0 Å². The van der Waals surface area contributed by atoms with Gasteiger partial charge in [-0.1, -0.05) is 13.8 Å². The van der Waals surface area contributed by atoms with Crippen molar-refractivity contribution < 1.29 is 0 Å². The molecule has 2 heterocycles. The highest BCUT2D eigenvalue weighted by Gasteiger charge is 2.29. The van der Waals surface area contributed by atoms with Crippen LogP contribution < -0.4 is 15.5 Å². The lowest BCUT2D eigenvalue weighted by Gasteiger charge is -2.43. The first-order valence-electron chi connectivity index (χ1n) is 8.88. The third-order valence-corrected chi connectivity index (χ3v) is 5.42. The number of nitrogen functional groups attached to an aromatic ring is 1. The fraction of sp³-hybridized carbons (Fsp3) is 0.684. The molecule has 0 amide bonds. The van der Waals surface area contributed by atoms with Crippen molar-refractivity contribution in [3.8, 4) is 0 Å². The summed E-state index contributed by atoms with van der Waals surface area (Å²) in [6.07, 6.45) is 2.48. The maximum Gasteiger partial charge on any atom is 0.0620 e. The van der Waals surface area contributed by atoms with E-state index < -0.39 is 0 Å². The zero-order valence-electron chi connectivity index (χ0n) is 15.2. The van der Waals surface area contributed by atoms with E-state index in [2.05, 4.69) is 60.8 Å². The van der Waals surface area contributed by atoms with E-state index in [0.717, 1.165) is 37.8 Å². The van der Waals surface area contributed by atoms with Gasteiger partial charge in [0.2, 0.25) is 0 Å². The normalized spacial score (nSPS) is 21.6. The minimum absolute atomic E-state index is 0.472. The number of anilines is 3. The molecule has 4 heteroatoms. The van der Waals surface area contributed by atoms with Gasteiger partial charge in [-0.3, -0.25) is 0 Å². The van der Waals surface area contributed by atoms with Gasteiger partial charge in [0.05, 0.1) is 11.4 Å². The summed E-state index contributed by atoms with van der Waals surface area (Å²) in [5.41, 5.74) is 10.2. The van der Waals surface area contributed by atoms with Crippen LogP contribution in [-0.2, 0) is 0 Å². The van der Waals surface area contributed by atoms with Gasteiger partial charge in [-0.15, -0.1) is 0 Å². The van der Waals surface area contributed by atoms with Crippen LogP contribution in [0.25, 0.3) is 0 Å². The van der Waals surface area contributed by atoms with Gasteiger partial charge in [0, 0.05) is 44.3 Å². The van der Waals surface area contributed by atoms with Gasteiger partial charge in [0.15, 0.2) is 0 Å². The maximum absolute atomic E-state index is 6.27. The van der Waals surface area contributed by atoms with Crippen molar-refractivity contribution in [2.45, 2.75) is 26.7 Å². The SMILES string of the molecule is CN(C)CC1CN(c2ccc(N)c(N3CCC(C)(C)CC3)c2)C1. The molecule has 2 aliphatic heterocycles. The van der Waals surface area contributed by atoms with Crippen LogP contribution in [-0.4, -0.2) is 51.7 Å². The number of hydrogen-bond donors (Lipinski definition) is 1. The predicted octanol–water partition coefficient (Wildman–Crippen LogP) is 2.89. The fourth-order valence-electron chi connectivity index (χ4n) is 3.77. The smallest absolute Gasteiger partial charge is 0.0620 e. The van der Waals surface area contributed by atoms with Crippen LogP contribution in [0.4, 0.5) is 17.1 Å². The zero-order chi connectivity index (χ0) is 16.6. The molecule has 0 bridgehead atoms. The molecule has 4 nitrogen and oxygen atoms in total. The predicted molar refractivity (Wildman–Crippen MR) is 100 cm³/mol. The molecule has 3 rings (SSSR count). The summed E-state index contributed by atoms with van der Waals surface area (Å²) in [7, 11) is 4.31. The summed E-state index contributed by atoms with van der Waals surface area (Å²) in [4.78, 5) is 7.23. The number of piperidine rings is 1. The summed E-state index contributed by atoms with van der Waals surface area (Å²) in [5, 5.41) is 0. The molecule has 0 saturated carbocycles. The highest BCUT2D eigenvalue weighted by Crippen LogP contribution is 2.37. The molecule has 1 aromatic carbocycles. The standard InChI is InChI=1S/C19H32N4/c1-19(2)7-9-22(10-8-19)18-11-16(5-6-17(18)20)23-13-15(14-23)12-21(3)4/h5-6,11,15H,7-10,12-14,20H2,1-4H3. The van der Waals surface area contributed by atoms with Gasteiger partial charge in [0.1, 0.15) is 0 Å². The summed E-state index contributed by atoms with van der Waals surface area (Å²) in [6, 6.07) is 6.57. The Morgan fingerprint density at radius 1 is 1.13 bits per heavy atom. The van der Waals surface area contributed by atoms with E-state index in [1.165, 1.54) is 30.8 Å². The topological polar surface area (TPSA) is 35.7 Å². The number of hydrogen-bond acceptors (Lipinski definition) is 4. The Labute approximate surface area is 141 Å². The first kappa shape index (κ1) is 16.4. The van der Waals surface area contributed by atoms with Crippen molar-refractivity contribution in [3.05, 3.63) is 18.2 Å². The molecule has 23 heavy (non-hydrogen) atoms. The second-order valence-electron chi connectivity index (χ2n) is 8.43. The van der Waals surface area contributed by atoms with Crippen molar-refractivity contribution in [2.24, 2.45) is 11.3 Å². The van der Waals surface area contributed by atoms with Crippen LogP contribution in [0.3, 0.4) is 0 Å². The Morgan fingerprint density at radius 2 is 1.78 bits per heavy atom. The number of benzene rings is 1. The summed E-state index contributed by atoms with van der Waals surface area (Å²) in [5.74, 6) is 0.793. The Kier molecular flexibility index (Phi) is 4.45. The van der Waals surface area contributed by atoms with Crippen molar-refractivity contribution in [3.63, 3.8) is 0 Å². The first-order valence-corrected chi connectivity index (χ1v) is 8.88. The summed E-state index contributed by atoms with van der Waals surface area (Å²) >= 11 is 0. The lowest BCUT2D eigenvalue weighted by molar-refractivity contribution is 0.279. The fourth-order valence-corrected chi connectivity index (χ4v) is 3.77. The molecule has 0 radical (unpaired) electrons. The molecule has 2 aliphatic rings. The highest BCUT2D eigenvalue weighted by molar-refractivity contribution is 5.74. The molecule has 2 N–H and O–H groups in total. The molecule has 0 aliphatic carbocycles. The van der Waals surface area contributed by atoms with Gasteiger partial charge in [-0.05, 0) is 50.6 Å². The van der Waals surface area contributed by atoms with E-state index >= 15 is 0 Å². The Morgan fingerprint density at radius 3 is 2.39 bits per heavy atom. The lowest BCUT2D eigenvalue weighted by atomic mass is 9.82. The Balaban J connectivity index is 1.66. The van der Waals surface area contributed by atoms with Gasteiger partial charge in [0.25, 0.3) is 0 Å². The largest absolute Gasteiger partial charge is 0.397 e. The van der Waals surface area contributed by atoms with Crippen LogP contribution in [0, 0.1) is 11.3 Å². The second kappa shape index (κ2) is 6.23.